The molecule has 0 radical (unpaired) electrons. The second-order valence-corrected chi connectivity index (χ2v) is 5.65. The summed E-state index contributed by atoms with van der Waals surface area (Å²) < 4.78 is 6.17. The van der Waals surface area contributed by atoms with Crippen LogP contribution in [0, 0.1) is 5.41 Å². The monoisotopic (exact) mass is 244 g/mol. The van der Waals surface area contributed by atoms with Gasteiger partial charge in [-0.1, -0.05) is 53.9 Å². The molecule has 0 aromatic heterocycles. The van der Waals surface area contributed by atoms with E-state index >= 15 is 0 Å². The maximum absolute atomic E-state index is 9.55. The molecule has 2 nitrogen and oxygen atoms in total. The van der Waals surface area contributed by atoms with E-state index < -0.39 is 0 Å². The van der Waals surface area contributed by atoms with Crippen molar-refractivity contribution in [1.29, 1.82) is 0 Å². The number of unbranched alkanes of at least 4 members (excludes halogenated alkanes) is 3. The van der Waals surface area contributed by atoms with Crippen LogP contribution < -0.4 is 0 Å². The van der Waals surface area contributed by atoms with Gasteiger partial charge in [0.25, 0.3) is 0 Å². The fraction of sp³-hybridized carbons (Fsp3) is 1.00. The van der Waals surface area contributed by atoms with Gasteiger partial charge < -0.3 is 9.84 Å². The lowest BCUT2D eigenvalue weighted by Gasteiger charge is -2.45. The minimum Gasteiger partial charge on any atom is -0.396 e. The van der Waals surface area contributed by atoms with Crippen molar-refractivity contribution >= 4 is 0 Å². The van der Waals surface area contributed by atoms with Crippen LogP contribution >= 0.6 is 0 Å². The van der Waals surface area contributed by atoms with Gasteiger partial charge in [0.05, 0.1) is 12.2 Å². The van der Waals surface area contributed by atoms with Crippen LogP contribution in [0.2, 0.25) is 0 Å². The molecule has 0 heterocycles. The number of rotatable bonds is 10. The molecule has 0 rings (SSSR count). The van der Waals surface area contributed by atoms with Gasteiger partial charge in [-0.3, -0.25) is 0 Å². The van der Waals surface area contributed by atoms with Crippen molar-refractivity contribution in [3.63, 3.8) is 0 Å². The molecular formula is C15H32O2. The Balaban J connectivity index is 4.32. The molecule has 1 N–H and O–H groups in total. The predicted octanol–water partition coefficient (Wildman–Crippen LogP) is 4.16. The molecule has 0 aliphatic carbocycles. The molecule has 0 unspecified atom stereocenters. The van der Waals surface area contributed by atoms with Crippen molar-refractivity contribution in [2.24, 2.45) is 5.41 Å². The molecule has 0 aromatic carbocycles. The highest BCUT2D eigenvalue weighted by Crippen LogP contribution is 2.39. The lowest BCUT2D eigenvalue weighted by Crippen LogP contribution is -2.48. The van der Waals surface area contributed by atoms with Crippen LogP contribution in [-0.4, -0.2) is 23.9 Å². The zero-order valence-electron chi connectivity index (χ0n) is 12.5. The minimum atomic E-state index is -0.173. The summed E-state index contributed by atoms with van der Waals surface area (Å²) in [5.74, 6) is 0. The smallest absolute Gasteiger partial charge is 0.0749 e. The molecule has 17 heavy (non-hydrogen) atoms. The summed E-state index contributed by atoms with van der Waals surface area (Å²) in [7, 11) is 0. The summed E-state index contributed by atoms with van der Waals surface area (Å²) in [5.41, 5.74) is -0.338. The summed E-state index contributed by atoms with van der Waals surface area (Å²) in [4.78, 5) is 0. The number of ether oxygens (including phenoxy) is 1. The predicted molar refractivity (Wildman–Crippen MR) is 74.3 cm³/mol. The summed E-state index contributed by atoms with van der Waals surface area (Å²) in [6.45, 7) is 11.8. The van der Waals surface area contributed by atoms with Crippen molar-refractivity contribution < 1.29 is 9.84 Å². The van der Waals surface area contributed by atoms with Gasteiger partial charge in [-0.05, 0) is 19.3 Å². The van der Waals surface area contributed by atoms with Crippen LogP contribution in [-0.2, 0) is 4.74 Å². The van der Waals surface area contributed by atoms with E-state index in [1.807, 2.05) is 0 Å². The third-order valence-corrected chi connectivity index (χ3v) is 4.15. The zero-order chi connectivity index (χ0) is 13.4. The van der Waals surface area contributed by atoms with Crippen LogP contribution in [0.1, 0.15) is 73.1 Å². The highest BCUT2D eigenvalue weighted by Gasteiger charge is 2.42. The molecule has 0 amide bonds. The lowest BCUT2D eigenvalue weighted by molar-refractivity contribution is -0.144. The molecule has 0 bridgehead atoms. The Morgan fingerprint density at radius 2 is 1.53 bits per heavy atom. The van der Waals surface area contributed by atoms with Crippen molar-refractivity contribution in [1.82, 2.24) is 0 Å². The molecule has 0 fully saturated rings. The largest absolute Gasteiger partial charge is 0.396 e. The van der Waals surface area contributed by atoms with E-state index in [9.17, 15) is 5.11 Å². The third-order valence-electron chi connectivity index (χ3n) is 4.15. The Hall–Kier alpha value is -0.0800. The van der Waals surface area contributed by atoms with Gasteiger partial charge in [0.2, 0.25) is 0 Å². The van der Waals surface area contributed by atoms with Crippen LogP contribution in [0.5, 0.6) is 0 Å². The van der Waals surface area contributed by atoms with Crippen LogP contribution in [0.15, 0.2) is 0 Å². The number of hydrogen-bond donors (Lipinski definition) is 1. The van der Waals surface area contributed by atoms with Gasteiger partial charge in [0, 0.05) is 12.0 Å². The summed E-state index contributed by atoms with van der Waals surface area (Å²) >= 11 is 0. The molecule has 0 atom stereocenters. The zero-order valence-corrected chi connectivity index (χ0v) is 12.5. The normalized spacial score (nSPS) is 13.1. The van der Waals surface area contributed by atoms with E-state index in [0.29, 0.717) is 0 Å². The molecule has 0 aliphatic rings. The Labute approximate surface area is 108 Å². The minimum absolute atomic E-state index is 0.165. The summed E-state index contributed by atoms with van der Waals surface area (Å²) in [6, 6.07) is 0. The molecule has 0 spiro atoms. The summed E-state index contributed by atoms with van der Waals surface area (Å²) in [6.07, 6.45) is 6.86. The highest BCUT2D eigenvalue weighted by molar-refractivity contribution is 4.93. The summed E-state index contributed by atoms with van der Waals surface area (Å²) in [5, 5.41) is 9.55. The van der Waals surface area contributed by atoms with Gasteiger partial charge in [0.1, 0.15) is 0 Å². The first-order valence-electron chi connectivity index (χ1n) is 7.24. The second-order valence-electron chi connectivity index (χ2n) is 5.65. The first-order chi connectivity index (χ1) is 7.99. The first kappa shape index (κ1) is 16.9. The maximum atomic E-state index is 9.55. The molecule has 0 aromatic rings. The van der Waals surface area contributed by atoms with Crippen molar-refractivity contribution in [3.05, 3.63) is 0 Å². The molecule has 0 saturated carbocycles. The van der Waals surface area contributed by atoms with Gasteiger partial charge in [-0.25, -0.2) is 0 Å². The van der Waals surface area contributed by atoms with Gasteiger partial charge in [-0.2, -0.15) is 0 Å². The third kappa shape index (κ3) is 4.59. The first-order valence-corrected chi connectivity index (χ1v) is 7.24. The fourth-order valence-corrected chi connectivity index (χ4v) is 2.55. The van der Waals surface area contributed by atoms with E-state index in [0.717, 1.165) is 25.9 Å². The fourth-order valence-electron chi connectivity index (χ4n) is 2.55. The Morgan fingerprint density at radius 3 is 1.94 bits per heavy atom. The van der Waals surface area contributed by atoms with E-state index in [2.05, 4.69) is 34.6 Å². The van der Waals surface area contributed by atoms with Crippen molar-refractivity contribution in [2.75, 3.05) is 13.2 Å². The van der Waals surface area contributed by atoms with E-state index in [1.54, 1.807) is 0 Å². The van der Waals surface area contributed by atoms with Crippen LogP contribution in [0.25, 0.3) is 0 Å². The van der Waals surface area contributed by atoms with Crippen molar-refractivity contribution in [2.45, 2.75) is 78.7 Å². The van der Waals surface area contributed by atoms with Crippen LogP contribution in [0.4, 0.5) is 0 Å². The van der Waals surface area contributed by atoms with Gasteiger partial charge in [-0.15, -0.1) is 0 Å². The number of aliphatic hydroxyl groups is 1. The highest BCUT2D eigenvalue weighted by atomic mass is 16.5. The van der Waals surface area contributed by atoms with Gasteiger partial charge in [0.15, 0.2) is 0 Å². The quantitative estimate of drug-likeness (QED) is 0.585. The van der Waals surface area contributed by atoms with E-state index in [1.165, 1.54) is 19.3 Å². The average Bonchev–Trinajstić information content (AvgIpc) is 2.34. The van der Waals surface area contributed by atoms with Crippen LogP contribution in [0.3, 0.4) is 0 Å². The average molecular weight is 244 g/mol. The molecule has 0 saturated heterocycles. The number of aliphatic hydroxyl groups excluding tert-OH is 1. The SMILES string of the molecule is CCCCCCOC(CC)(CC)C(C)(C)CO. The lowest BCUT2D eigenvalue weighted by atomic mass is 9.72. The molecule has 104 valence electrons. The van der Waals surface area contributed by atoms with Crippen molar-refractivity contribution in [3.8, 4) is 0 Å². The Morgan fingerprint density at radius 1 is 0.941 bits per heavy atom. The number of hydrogen-bond acceptors (Lipinski definition) is 2. The Kier molecular flexibility index (Phi) is 8.06. The second kappa shape index (κ2) is 8.10. The molecule has 0 aliphatic heterocycles. The standard InChI is InChI=1S/C15H32O2/c1-6-9-10-11-12-17-15(7-2,8-3)14(4,5)13-16/h16H,6-13H2,1-5H3. The topological polar surface area (TPSA) is 29.5 Å². The van der Waals surface area contributed by atoms with E-state index in [4.69, 9.17) is 4.74 Å². The molecular weight excluding hydrogens is 212 g/mol. The molecule has 2 heteroatoms. The maximum Gasteiger partial charge on any atom is 0.0749 e. The Bertz CT molecular complexity index is 183. The van der Waals surface area contributed by atoms with E-state index in [-0.39, 0.29) is 17.6 Å². The van der Waals surface area contributed by atoms with Gasteiger partial charge >= 0.3 is 0 Å².